The molecule has 1 aliphatic heterocycles. The lowest BCUT2D eigenvalue weighted by molar-refractivity contribution is -0.153. The van der Waals surface area contributed by atoms with Crippen LogP contribution < -0.4 is 9.64 Å². The van der Waals surface area contributed by atoms with Gasteiger partial charge in [0.2, 0.25) is 0 Å². The molecule has 2 fully saturated rings. The first-order valence-electron chi connectivity index (χ1n) is 13.2. The molecule has 2 aliphatic rings. The van der Waals surface area contributed by atoms with Crippen molar-refractivity contribution < 1.29 is 19.7 Å². The monoisotopic (exact) mass is 515 g/mol. The minimum atomic E-state index is -0.794. The summed E-state index contributed by atoms with van der Waals surface area (Å²) in [6.45, 7) is 2.66. The van der Waals surface area contributed by atoms with E-state index in [1.54, 1.807) is 13.3 Å². The van der Waals surface area contributed by atoms with Crippen molar-refractivity contribution in [3.8, 4) is 5.75 Å². The predicted octanol–water partition coefficient (Wildman–Crippen LogP) is 4.97. The Bertz CT molecular complexity index is 1030. The van der Waals surface area contributed by atoms with E-state index in [4.69, 9.17) is 4.74 Å². The number of anilines is 1. The van der Waals surface area contributed by atoms with E-state index < -0.39 is 17.5 Å². The molecule has 1 aromatic heterocycles. The van der Waals surface area contributed by atoms with Crippen LogP contribution in [0.15, 0.2) is 24.4 Å². The molecule has 0 unspecified atom stereocenters. The minimum absolute atomic E-state index is 0.390. The first-order chi connectivity index (χ1) is 17.3. The summed E-state index contributed by atoms with van der Waals surface area (Å²) < 4.78 is 5.42. The fraction of sp³-hybridized carbons (Fsp3) is 0.643. The standard InChI is InChI=1S/C28H41N3O4S/c1-30(2)24-19-29-23-9-8-20(35-3)18-22(23)26(24)25(32)10-11-28(27(33)34)12-14-31(15-13-28)16-17-36-21-6-4-5-7-21/h8-9,18-19,21,25,32H,4-7,10-17H2,1-3H3,(H,33,34)/t25-/m0/s1. The number of benzene rings is 1. The van der Waals surface area contributed by atoms with Gasteiger partial charge in [0.1, 0.15) is 5.75 Å². The number of pyridine rings is 1. The van der Waals surface area contributed by atoms with Crippen LogP contribution in [0, 0.1) is 5.41 Å². The number of hydrogen-bond acceptors (Lipinski definition) is 7. The van der Waals surface area contributed by atoms with Gasteiger partial charge >= 0.3 is 5.97 Å². The van der Waals surface area contributed by atoms with E-state index in [0.717, 1.165) is 52.8 Å². The molecule has 7 nitrogen and oxygen atoms in total. The van der Waals surface area contributed by atoms with Crippen LogP contribution in [0.3, 0.4) is 0 Å². The van der Waals surface area contributed by atoms with Gasteiger partial charge in [-0.15, -0.1) is 0 Å². The number of aromatic nitrogens is 1. The molecule has 1 aromatic carbocycles. The number of carbonyl (C=O) groups is 1. The molecule has 0 spiro atoms. The fourth-order valence-electron chi connectivity index (χ4n) is 5.75. The average molecular weight is 516 g/mol. The number of piperidine rings is 1. The summed E-state index contributed by atoms with van der Waals surface area (Å²) in [6.07, 6.45) is 8.54. The van der Waals surface area contributed by atoms with Crippen LogP contribution in [-0.2, 0) is 4.79 Å². The third kappa shape index (κ3) is 6.09. The number of likely N-dealkylation sites (tertiary alicyclic amines) is 1. The maximum Gasteiger partial charge on any atom is 0.309 e. The van der Waals surface area contributed by atoms with E-state index in [2.05, 4.69) is 21.6 Å². The highest BCUT2D eigenvalue weighted by Crippen LogP contribution is 2.41. The van der Waals surface area contributed by atoms with E-state index in [9.17, 15) is 15.0 Å². The Hall–Kier alpha value is -2.03. The first-order valence-corrected chi connectivity index (χ1v) is 14.3. The zero-order valence-electron chi connectivity index (χ0n) is 21.9. The highest BCUT2D eigenvalue weighted by atomic mass is 32.2. The molecule has 0 amide bonds. The van der Waals surface area contributed by atoms with Crippen molar-refractivity contribution in [3.05, 3.63) is 30.0 Å². The van der Waals surface area contributed by atoms with Crippen LogP contribution in [0.2, 0.25) is 0 Å². The predicted molar refractivity (Wildman–Crippen MR) is 147 cm³/mol. The molecule has 0 bridgehead atoms. The van der Waals surface area contributed by atoms with Gasteiger partial charge in [-0.2, -0.15) is 11.8 Å². The van der Waals surface area contributed by atoms with Gasteiger partial charge in [0, 0.05) is 42.6 Å². The first kappa shape index (κ1) is 27.0. The highest BCUT2D eigenvalue weighted by Gasteiger charge is 2.41. The van der Waals surface area contributed by atoms with Crippen molar-refractivity contribution in [2.75, 3.05) is 51.5 Å². The second kappa shape index (κ2) is 12.0. The summed E-state index contributed by atoms with van der Waals surface area (Å²) in [6, 6.07) is 5.66. The quantitative estimate of drug-likeness (QED) is 0.434. The van der Waals surface area contributed by atoms with Gasteiger partial charge in [0.05, 0.1) is 36.0 Å². The number of aliphatic hydroxyl groups is 1. The largest absolute Gasteiger partial charge is 0.497 e. The summed E-state index contributed by atoms with van der Waals surface area (Å²) in [7, 11) is 5.48. The third-order valence-corrected chi connectivity index (χ3v) is 9.50. The Morgan fingerprint density at radius 2 is 2.00 bits per heavy atom. The molecule has 1 saturated carbocycles. The number of thioether (sulfide) groups is 1. The Labute approximate surface area is 219 Å². The topological polar surface area (TPSA) is 86.1 Å². The maximum atomic E-state index is 12.5. The lowest BCUT2D eigenvalue weighted by Gasteiger charge is -2.39. The maximum absolute atomic E-state index is 12.5. The van der Waals surface area contributed by atoms with Gasteiger partial charge in [-0.1, -0.05) is 12.8 Å². The zero-order chi connectivity index (χ0) is 25.7. The van der Waals surface area contributed by atoms with Gasteiger partial charge in [-0.3, -0.25) is 9.78 Å². The van der Waals surface area contributed by atoms with Crippen LogP contribution in [0.5, 0.6) is 5.75 Å². The lowest BCUT2D eigenvalue weighted by atomic mass is 9.74. The number of fused-ring (bicyclic) bond motifs is 1. The van der Waals surface area contributed by atoms with Gasteiger partial charge < -0.3 is 24.7 Å². The molecular formula is C28H41N3O4S. The summed E-state index contributed by atoms with van der Waals surface area (Å²) >= 11 is 2.09. The van der Waals surface area contributed by atoms with E-state index in [-0.39, 0.29) is 0 Å². The molecule has 1 atom stereocenters. The zero-order valence-corrected chi connectivity index (χ0v) is 22.7. The van der Waals surface area contributed by atoms with E-state index in [1.807, 2.05) is 37.2 Å². The molecule has 1 saturated heterocycles. The normalized spacial score (nSPS) is 19.4. The summed E-state index contributed by atoms with van der Waals surface area (Å²) in [4.78, 5) is 21.4. The molecule has 2 heterocycles. The fourth-order valence-corrected chi connectivity index (χ4v) is 7.12. The number of methoxy groups -OCH3 is 1. The van der Waals surface area contributed by atoms with Crippen LogP contribution >= 0.6 is 11.8 Å². The second-order valence-electron chi connectivity index (χ2n) is 10.6. The van der Waals surface area contributed by atoms with Crippen molar-refractivity contribution in [1.82, 2.24) is 9.88 Å². The third-order valence-electron chi connectivity index (χ3n) is 8.14. The number of carboxylic acid groups (broad SMARTS) is 1. The van der Waals surface area contributed by atoms with Crippen molar-refractivity contribution in [1.29, 1.82) is 0 Å². The Morgan fingerprint density at radius 1 is 1.28 bits per heavy atom. The van der Waals surface area contributed by atoms with Crippen LogP contribution in [0.1, 0.15) is 63.0 Å². The van der Waals surface area contributed by atoms with Crippen LogP contribution in [-0.4, -0.2) is 77.9 Å². The smallest absolute Gasteiger partial charge is 0.309 e. The molecule has 2 N–H and O–H groups in total. The molecule has 2 aromatic rings. The number of ether oxygens (including phenoxy) is 1. The van der Waals surface area contributed by atoms with Crippen molar-refractivity contribution in [2.24, 2.45) is 5.41 Å². The van der Waals surface area contributed by atoms with Crippen molar-refractivity contribution in [3.63, 3.8) is 0 Å². The van der Waals surface area contributed by atoms with Crippen molar-refractivity contribution in [2.45, 2.75) is 62.7 Å². The molecular weight excluding hydrogens is 474 g/mol. The second-order valence-corrected chi connectivity index (χ2v) is 12.0. The highest BCUT2D eigenvalue weighted by molar-refractivity contribution is 7.99. The molecule has 4 rings (SSSR count). The Balaban J connectivity index is 1.42. The summed E-state index contributed by atoms with van der Waals surface area (Å²) in [5, 5.41) is 23.3. The Morgan fingerprint density at radius 3 is 2.64 bits per heavy atom. The number of nitrogens with zero attached hydrogens (tertiary/aromatic N) is 3. The number of rotatable bonds is 11. The number of hydrogen-bond donors (Lipinski definition) is 2. The molecule has 0 radical (unpaired) electrons. The summed E-state index contributed by atoms with van der Waals surface area (Å²) in [5.74, 6) is 1.10. The molecule has 1 aliphatic carbocycles. The van der Waals surface area contributed by atoms with E-state index in [1.165, 1.54) is 25.7 Å². The summed E-state index contributed by atoms with van der Waals surface area (Å²) in [5.41, 5.74) is 1.62. The molecule has 198 valence electrons. The number of carboxylic acids is 1. The molecule has 8 heteroatoms. The van der Waals surface area contributed by atoms with E-state index in [0.29, 0.717) is 31.4 Å². The van der Waals surface area contributed by atoms with Gasteiger partial charge in [0.25, 0.3) is 0 Å². The lowest BCUT2D eigenvalue weighted by Crippen LogP contribution is -2.45. The van der Waals surface area contributed by atoms with Crippen LogP contribution in [0.25, 0.3) is 10.9 Å². The molecule has 36 heavy (non-hydrogen) atoms. The number of aliphatic hydroxyl groups excluding tert-OH is 1. The van der Waals surface area contributed by atoms with Gasteiger partial charge in [-0.25, -0.2) is 0 Å². The Kier molecular flexibility index (Phi) is 9.01. The average Bonchev–Trinajstić information content (AvgIpc) is 3.40. The SMILES string of the molecule is COc1ccc2ncc(N(C)C)c([C@@H](O)CCC3(C(=O)O)CCN(CCSC4CCCC4)CC3)c2c1. The minimum Gasteiger partial charge on any atom is -0.497 e. The van der Waals surface area contributed by atoms with Crippen LogP contribution in [0.4, 0.5) is 5.69 Å². The number of aliphatic carboxylic acids is 1. The van der Waals surface area contributed by atoms with Gasteiger partial charge in [-0.05, 0) is 69.8 Å². The van der Waals surface area contributed by atoms with Gasteiger partial charge in [0.15, 0.2) is 0 Å². The van der Waals surface area contributed by atoms with E-state index >= 15 is 0 Å². The van der Waals surface area contributed by atoms with Crippen molar-refractivity contribution >= 4 is 34.3 Å².